The molecule has 13 heavy (non-hydrogen) atoms. The van der Waals surface area contributed by atoms with E-state index in [1.54, 1.807) is 7.05 Å². The third-order valence-corrected chi connectivity index (χ3v) is 2.07. The quantitative estimate of drug-likeness (QED) is 0.718. The summed E-state index contributed by atoms with van der Waals surface area (Å²) in [6.45, 7) is 0. The Morgan fingerprint density at radius 3 is 2.85 bits per heavy atom. The first-order valence-electron chi connectivity index (χ1n) is 3.77. The van der Waals surface area contributed by atoms with Crippen molar-refractivity contribution in [2.75, 3.05) is 7.05 Å². The molecule has 0 spiro atoms. The monoisotopic (exact) mass is 197 g/mol. The topological polar surface area (TPSA) is 12.0 Å². The van der Waals surface area contributed by atoms with E-state index >= 15 is 0 Å². The first kappa shape index (κ1) is 10.0. The second kappa shape index (κ2) is 4.27. The van der Waals surface area contributed by atoms with Crippen LogP contribution < -0.4 is 5.32 Å². The fourth-order valence-electron chi connectivity index (χ4n) is 1.06. The number of halogens is 2. The van der Waals surface area contributed by atoms with E-state index in [0.717, 1.165) is 0 Å². The number of benzene rings is 1. The molecule has 0 amide bonds. The summed E-state index contributed by atoms with van der Waals surface area (Å²) in [5, 5.41) is 3.32. The minimum Gasteiger partial charge on any atom is -0.303 e. The molecular weight excluding hydrogens is 189 g/mol. The van der Waals surface area contributed by atoms with Crippen molar-refractivity contribution in [3.05, 3.63) is 34.6 Å². The molecule has 0 aliphatic rings. The minimum atomic E-state index is -0.344. The molecule has 1 atom stereocenters. The molecule has 0 bridgehead atoms. The van der Waals surface area contributed by atoms with Crippen LogP contribution >= 0.6 is 11.6 Å². The molecule has 0 heterocycles. The molecule has 0 saturated carbocycles. The Kier molecular flexibility index (Phi) is 3.30. The molecule has 1 N–H and O–H groups in total. The Morgan fingerprint density at radius 1 is 1.62 bits per heavy atom. The molecule has 0 saturated heterocycles. The zero-order valence-corrected chi connectivity index (χ0v) is 7.90. The SMILES string of the molecule is C#CC(NC)c1cc(F)ccc1Cl. The van der Waals surface area contributed by atoms with Crippen molar-refractivity contribution in [1.29, 1.82) is 0 Å². The van der Waals surface area contributed by atoms with E-state index in [9.17, 15) is 4.39 Å². The van der Waals surface area contributed by atoms with Crippen LogP contribution in [0.2, 0.25) is 5.02 Å². The van der Waals surface area contributed by atoms with Crippen molar-refractivity contribution in [3.8, 4) is 12.3 Å². The largest absolute Gasteiger partial charge is 0.303 e. The summed E-state index contributed by atoms with van der Waals surface area (Å²) < 4.78 is 12.8. The molecule has 0 fully saturated rings. The molecule has 0 radical (unpaired) electrons. The van der Waals surface area contributed by atoms with Crippen molar-refractivity contribution in [3.63, 3.8) is 0 Å². The zero-order chi connectivity index (χ0) is 9.84. The molecular formula is C10H9ClFN. The number of terminal acetylenes is 1. The van der Waals surface area contributed by atoms with Crippen molar-refractivity contribution in [2.24, 2.45) is 0 Å². The van der Waals surface area contributed by atoms with Gasteiger partial charge in [0.25, 0.3) is 0 Å². The first-order valence-corrected chi connectivity index (χ1v) is 4.15. The number of rotatable bonds is 2. The highest BCUT2D eigenvalue weighted by Crippen LogP contribution is 2.23. The molecule has 0 aromatic heterocycles. The van der Waals surface area contributed by atoms with Crippen molar-refractivity contribution in [1.82, 2.24) is 5.32 Å². The third-order valence-electron chi connectivity index (χ3n) is 1.72. The number of hydrogen-bond donors (Lipinski definition) is 1. The smallest absolute Gasteiger partial charge is 0.123 e. The standard InChI is InChI=1S/C10H9ClFN/c1-3-10(13-2)8-6-7(12)4-5-9(8)11/h1,4-6,10,13H,2H3. The van der Waals surface area contributed by atoms with Gasteiger partial charge < -0.3 is 5.32 Å². The van der Waals surface area contributed by atoms with Gasteiger partial charge in [-0.15, -0.1) is 6.42 Å². The van der Waals surface area contributed by atoms with Gasteiger partial charge in [0.15, 0.2) is 0 Å². The van der Waals surface area contributed by atoms with Gasteiger partial charge in [0.05, 0.1) is 6.04 Å². The summed E-state index contributed by atoms with van der Waals surface area (Å²) >= 11 is 5.85. The van der Waals surface area contributed by atoms with E-state index in [-0.39, 0.29) is 11.9 Å². The second-order valence-electron chi connectivity index (χ2n) is 2.55. The van der Waals surface area contributed by atoms with Gasteiger partial charge in [0, 0.05) is 10.6 Å². The van der Waals surface area contributed by atoms with E-state index in [1.165, 1.54) is 18.2 Å². The van der Waals surface area contributed by atoms with Crippen LogP contribution in [0, 0.1) is 18.2 Å². The summed E-state index contributed by atoms with van der Waals surface area (Å²) in [6.07, 6.45) is 5.24. The van der Waals surface area contributed by atoms with Crippen LogP contribution in [0.15, 0.2) is 18.2 Å². The lowest BCUT2D eigenvalue weighted by atomic mass is 10.1. The van der Waals surface area contributed by atoms with E-state index in [2.05, 4.69) is 11.2 Å². The van der Waals surface area contributed by atoms with E-state index in [1.807, 2.05) is 0 Å². The molecule has 0 aliphatic heterocycles. The average molecular weight is 198 g/mol. The third kappa shape index (κ3) is 2.21. The van der Waals surface area contributed by atoms with Gasteiger partial charge in [-0.3, -0.25) is 0 Å². The van der Waals surface area contributed by atoms with Gasteiger partial charge in [0.1, 0.15) is 5.82 Å². The molecule has 0 aliphatic carbocycles. The fraction of sp³-hybridized carbons (Fsp3) is 0.200. The van der Waals surface area contributed by atoms with E-state index in [0.29, 0.717) is 10.6 Å². The lowest BCUT2D eigenvalue weighted by molar-refractivity contribution is 0.620. The van der Waals surface area contributed by atoms with Crippen LogP contribution in [0.25, 0.3) is 0 Å². The normalized spacial score (nSPS) is 12.2. The van der Waals surface area contributed by atoms with Gasteiger partial charge in [-0.1, -0.05) is 17.5 Å². The van der Waals surface area contributed by atoms with Crippen LogP contribution in [0.3, 0.4) is 0 Å². The van der Waals surface area contributed by atoms with E-state index in [4.69, 9.17) is 18.0 Å². The Morgan fingerprint density at radius 2 is 2.31 bits per heavy atom. The van der Waals surface area contributed by atoms with Crippen LogP contribution in [-0.4, -0.2) is 7.05 Å². The Hall–Kier alpha value is -1.04. The van der Waals surface area contributed by atoms with E-state index < -0.39 is 0 Å². The van der Waals surface area contributed by atoms with Crippen LogP contribution in [0.1, 0.15) is 11.6 Å². The van der Waals surface area contributed by atoms with Crippen LogP contribution in [0.4, 0.5) is 4.39 Å². The predicted octanol–water partition coefficient (Wildman–Crippen LogP) is 2.37. The van der Waals surface area contributed by atoms with Gasteiger partial charge in [-0.25, -0.2) is 4.39 Å². The second-order valence-corrected chi connectivity index (χ2v) is 2.96. The molecule has 1 rings (SSSR count). The summed E-state index contributed by atoms with van der Waals surface area (Å²) in [4.78, 5) is 0. The molecule has 1 unspecified atom stereocenters. The summed E-state index contributed by atoms with van der Waals surface area (Å²) in [7, 11) is 1.70. The maximum atomic E-state index is 12.8. The highest BCUT2D eigenvalue weighted by atomic mass is 35.5. The van der Waals surface area contributed by atoms with Crippen molar-refractivity contribution < 1.29 is 4.39 Å². The molecule has 1 aromatic carbocycles. The Labute approximate surface area is 81.9 Å². The Bertz CT molecular complexity index is 343. The van der Waals surface area contributed by atoms with Crippen LogP contribution in [-0.2, 0) is 0 Å². The first-order chi connectivity index (χ1) is 6.19. The van der Waals surface area contributed by atoms with Crippen molar-refractivity contribution >= 4 is 11.6 Å². The van der Waals surface area contributed by atoms with Gasteiger partial charge in [0.2, 0.25) is 0 Å². The zero-order valence-electron chi connectivity index (χ0n) is 7.14. The lowest BCUT2D eigenvalue weighted by Gasteiger charge is -2.11. The van der Waals surface area contributed by atoms with Gasteiger partial charge >= 0.3 is 0 Å². The number of hydrogen-bond acceptors (Lipinski definition) is 1. The van der Waals surface area contributed by atoms with Crippen molar-refractivity contribution in [2.45, 2.75) is 6.04 Å². The summed E-state index contributed by atoms with van der Waals surface area (Å²) in [5.74, 6) is 2.14. The lowest BCUT2D eigenvalue weighted by Crippen LogP contribution is -2.14. The molecule has 3 heteroatoms. The highest BCUT2D eigenvalue weighted by Gasteiger charge is 2.10. The van der Waals surface area contributed by atoms with Crippen LogP contribution in [0.5, 0.6) is 0 Å². The average Bonchev–Trinajstić information content (AvgIpc) is 2.13. The number of nitrogens with one attached hydrogen (secondary N) is 1. The molecule has 1 nitrogen and oxygen atoms in total. The Balaban J connectivity index is 3.13. The predicted molar refractivity (Wildman–Crippen MR) is 52.0 cm³/mol. The van der Waals surface area contributed by atoms with Gasteiger partial charge in [-0.2, -0.15) is 0 Å². The highest BCUT2D eigenvalue weighted by molar-refractivity contribution is 6.31. The fourth-order valence-corrected chi connectivity index (χ4v) is 1.29. The maximum absolute atomic E-state index is 12.8. The van der Waals surface area contributed by atoms with Gasteiger partial charge in [-0.05, 0) is 25.2 Å². The molecule has 68 valence electrons. The minimum absolute atomic E-state index is 0.338. The summed E-state index contributed by atoms with van der Waals surface area (Å²) in [5.41, 5.74) is 0.590. The maximum Gasteiger partial charge on any atom is 0.123 e. The molecule has 1 aromatic rings. The summed E-state index contributed by atoms with van der Waals surface area (Å²) in [6, 6.07) is 3.79.